The van der Waals surface area contributed by atoms with Gasteiger partial charge in [0.05, 0.1) is 6.10 Å². The summed E-state index contributed by atoms with van der Waals surface area (Å²) in [5.41, 5.74) is 0. The highest BCUT2D eigenvalue weighted by molar-refractivity contribution is 5.66. The van der Waals surface area contributed by atoms with Crippen molar-refractivity contribution in [1.29, 1.82) is 0 Å². The fraction of sp³-hybridized carbons (Fsp3) is 0.875. The van der Waals surface area contributed by atoms with E-state index in [1.165, 1.54) is 0 Å². The average Bonchev–Trinajstić information content (AvgIpc) is 2.01. The molecule has 0 heterocycles. The third-order valence-corrected chi connectivity index (χ3v) is 1.26. The first-order valence-electron chi connectivity index (χ1n) is 4.25. The summed E-state index contributed by atoms with van der Waals surface area (Å²) >= 11 is 0. The van der Waals surface area contributed by atoms with Gasteiger partial charge in [-0.3, -0.25) is 0 Å². The van der Waals surface area contributed by atoms with Crippen LogP contribution in [0.5, 0.6) is 0 Å². The lowest BCUT2D eigenvalue weighted by Gasteiger charge is -2.07. The zero-order chi connectivity index (χ0) is 9.40. The van der Waals surface area contributed by atoms with E-state index in [2.05, 4.69) is 10.1 Å². The topological polar surface area (TPSA) is 58.6 Å². The number of carbonyl (C=O) groups is 1. The summed E-state index contributed by atoms with van der Waals surface area (Å²) in [6, 6.07) is 0. The predicted molar refractivity (Wildman–Crippen MR) is 45.9 cm³/mol. The van der Waals surface area contributed by atoms with Gasteiger partial charge in [0.25, 0.3) is 0 Å². The first kappa shape index (κ1) is 11.2. The number of unbranched alkanes of at least 4 members (excludes halogenated alkanes) is 1. The van der Waals surface area contributed by atoms with E-state index in [1.54, 1.807) is 6.92 Å². The molecule has 2 N–H and O–H groups in total. The van der Waals surface area contributed by atoms with Crippen molar-refractivity contribution in [3.8, 4) is 0 Å². The number of hydrogen-bond donors (Lipinski definition) is 2. The largest absolute Gasteiger partial charge is 0.447 e. The molecule has 0 aliphatic carbocycles. The molecule has 0 aromatic heterocycles. The molecule has 0 aliphatic heterocycles. The van der Waals surface area contributed by atoms with Crippen LogP contribution in [-0.4, -0.2) is 30.5 Å². The molecule has 0 aromatic carbocycles. The van der Waals surface area contributed by atoms with Crippen LogP contribution < -0.4 is 5.32 Å². The SMILES string of the molecule is CCCCNC(=O)OC[C@H](C)O. The van der Waals surface area contributed by atoms with Crippen LogP contribution in [0.1, 0.15) is 26.7 Å². The molecule has 0 unspecified atom stereocenters. The molecule has 0 saturated carbocycles. The normalized spacial score (nSPS) is 12.2. The number of alkyl carbamates (subject to hydrolysis) is 1. The summed E-state index contributed by atoms with van der Waals surface area (Å²) in [6.45, 7) is 4.30. The molecule has 12 heavy (non-hydrogen) atoms. The number of aliphatic hydroxyl groups is 1. The van der Waals surface area contributed by atoms with Crippen LogP contribution in [0.2, 0.25) is 0 Å². The van der Waals surface area contributed by atoms with Gasteiger partial charge in [0.1, 0.15) is 6.61 Å². The zero-order valence-electron chi connectivity index (χ0n) is 7.67. The molecule has 0 rings (SSSR count). The summed E-state index contributed by atoms with van der Waals surface area (Å²) < 4.78 is 4.65. The first-order chi connectivity index (χ1) is 5.66. The number of nitrogens with one attached hydrogen (secondary N) is 1. The molecule has 1 atom stereocenters. The summed E-state index contributed by atoms with van der Waals surface area (Å²) in [6.07, 6.45) is 0.937. The van der Waals surface area contributed by atoms with Crippen LogP contribution >= 0.6 is 0 Å². The fourth-order valence-corrected chi connectivity index (χ4v) is 0.615. The minimum atomic E-state index is -0.595. The number of carbonyl (C=O) groups excluding carboxylic acids is 1. The van der Waals surface area contributed by atoms with Gasteiger partial charge in [-0.1, -0.05) is 13.3 Å². The Morgan fingerprint density at radius 1 is 1.67 bits per heavy atom. The van der Waals surface area contributed by atoms with Crippen LogP contribution in [0.4, 0.5) is 4.79 Å². The maximum Gasteiger partial charge on any atom is 0.407 e. The Morgan fingerprint density at radius 2 is 2.33 bits per heavy atom. The highest BCUT2D eigenvalue weighted by Crippen LogP contribution is 1.86. The number of aliphatic hydroxyl groups excluding tert-OH is 1. The third kappa shape index (κ3) is 7.34. The van der Waals surface area contributed by atoms with Crippen molar-refractivity contribution in [3.05, 3.63) is 0 Å². The molecular formula is C8H17NO3. The van der Waals surface area contributed by atoms with Crippen molar-refractivity contribution >= 4 is 6.09 Å². The number of amides is 1. The van der Waals surface area contributed by atoms with Gasteiger partial charge < -0.3 is 15.2 Å². The monoisotopic (exact) mass is 175 g/mol. The summed E-state index contributed by atoms with van der Waals surface area (Å²) in [7, 11) is 0. The van der Waals surface area contributed by atoms with Crippen LogP contribution in [0.25, 0.3) is 0 Å². The highest BCUT2D eigenvalue weighted by atomic mass is 16.6. The number of rotatable bonds is 5. The standard InChI is InChI=1S/C8H17NO3/c1-3-4-5-9-8(11)12-6-7(2)10/h7,10H,3-6H2,1-2H3,(H,9,11)/t7-/m0/s1. The van der Waals surface area contributed by atoms with Crippen molar-refractivity contribution in [2.75, 3.05) is 13.2 Å². The van der Waals surface area contributed by atoms with Gasteiger partial charge in [-0.05, 0) is 13.3 Å². The highest BCUT2D eigenvalue weighted by Gasteiger charge is 2.02. The minimum absolute atomic E-state index is 0.0535. The maximum absolute atomic E-state index is 10.8. The van der Waals surface area contributed by atoms with Crippen molar-refractivity contribution in [1.82, 2.24) is 5.32 Å². The van der Waals surface area contributed by atoms with E-state index >= 15 is 0 Å². The van der Waals surface area contributed by atoms with Gasteiger partial charge >= 0.3 is 6.09 Å². The van der Waals surface area contributed by atoms with Crippen molar-refractivity contribution in [3.63, 3.8) is 0 Å². The maximum atomic E-state index is 10.8. The molecule has 0 saturated heterocycles. The van der Waals surface area contributed by atoms with E-state index in [4.69, 9.17) is 5.11 Å². The van der Waals surface area contributed by atoms with Gasteiger partial charge in [-0.2, -0.15) is 0 Å². The Hall–Kier alpha value is -0.770. The Balaban J connectivity index is 3.22. The summed E-state index contributed by atoms with van der Waals surface area (Å²) in [4.78, 5) is 10.8. The van der Waals surface area contributed by atoms with E-state index in [-0.39, 0.29) is 6.61 Å². The third-order valence-electron chi connectivity index (χ3n) is 1.26. The Kier molecular flexibility index (Phi) is 6.47. The molecule has 0 fully saturated rings. The lowest BCUT2D eigenvalue weighted by Crippen LogP contribution is -2.27. The Bertz CT molecular complexity index is 125. The summed E-state index contributed by atoms with van der Waals surface area (Å²) in [5, 5.41) is 11.3. The molecule has 0 bridgehead atoms. The Labute approximate surface area is 72.9 Å². The lowest BCUT2D eigenvalue weighted by atomic mass is 10.3. The molecule has 72 valence electrons. The van der Waals surface area contributed by atoms with Gasteiger partial charge in [0.2, 0.25) is 0 Å². The van der Waals surface area contributed by atoms with Crippen molar-refractivity contribution < 1.29 is 14.6 Å². The molecule has 0 aromatic rings. The Morgan fingerprint density at radius 3 is 2.83 bits per heavy atom. The van der Waals surface area contributed by atoms with E-state index in [9.17, 15) is 4.79 Å². The fourth-order valence-electron chi connectivity index (χ4n) is 0.615. The molecule has 4 heteroatoms. The molecule has 0 spiro atoms. The summed E-state index contributed by atoms with van der Waals surface area (Å²) in [5.74, 6) is 0. The molecule has 0 radical (unpaired) electrons. The zero-order valence-corrected chi connectivity index (χ0v) is 7.67. The van der Waals surface area contributed by atoms with Gasteiger partial charge in [-0.15, -0.1) is 0 Å². The van der Waals surface area contributed by atoms with Crippen LogP contribution in [0, 0.1) is 0 Å². The van der Waals surface area contributed by atoms with E-state index in [0.29, 0.717) is 6.54 Å². The van der Waals surface area contributed by atoms with Crippen molar-refractivity contribution in [2.45, 2.75) is 32.8 Å². The van der Waals surface area contributed by atoms with Crippen LogP contribution in [-0.2, 0) is 4.74 Å². The van der Waals surface area contributed by atoms with E-state index < -0.39 is 12.2 Å². The van der Waals surface area contributed by atoms with E-state index in [0.717, 1.165) is 12.8 Å². The van der Waals surface area contributed by atoms with Gasteiger partial charge in [-0.25, -0.2) is 4.79 Å². The van der Waals surface area contributed by atoms with Crippen molar-refractivity contribution in [2.24, 2.45) is 0 Å². The molecule has 4 nitrogen and oxygen atoms in total. The first-order valence-corrected chi connectivity index (χ1v) is 4.25. The molecule has 1 amide bonds. The molecular weight excluding hydrogens is 158 g/mol. The lowest BCUT2D eigenvalue weighted by molar-refractivity contribution is 0.0780. The van der Waals surface area contributed by atoms with Gasteiger partial charge in [0, 0.05) is 6.54 Å². The van der Waals surface area contributed by atoms with Crippen LogP contribution in [0.15, 0.2) is 0 Å². The second kappa shape index (κ2) is 6.91. The molecule has 0 aliphatic rings. The minimum Gasteiger partial charge on any atom is -0.447 e. The smallest absolute Gasteiger partial charge is 0.407 e. The average molecular weight is 175 g/mol. The second-order valence-corrected chi connectivity index (χ2v) is 2.73. The number of hydrogen-bond acceptors (Lipinski definition) is 3. The van der Waals surface area contributed by atoms with Crippen LogP contribution in [0.3, 0.4) is 0 Å². The number of ether oxygens (including phenoxy) is 1. The second-order valence-electron chi connectivity index (χ2n) is 2.73. The van der Waals surface area contributed by atoms with E-state index in [1.807, 2.05) is 6.92 Å². The quantitative estimate of drug-likeness (QED) is 0.610. The van der Waals surface area contributed by atoms with Gasteiger partial charge in [0.15, 0.2) is 0 Å². The predicted octanol–water partition coefficient (Wildman–Crippen LogP) is 0.893.